The van der Waals surface area contributed by atoms with E-state index in [1.807, 2.05) is 43.3 Å². The van der Waals surface area contributed by atoms with Crippen LogP contribution in [-0.2, 0) is 0 Å². The molecule has 1 aliphatic heterocycles. The predicted octanol–water partition coefficient (Wildman–Crippen LogP) is 2.13. The topological polar surface area (TPSA) is 70.6 Å². The highest BCUT2D eigenvalue weighted by atomic mass is 16.5. The van der Waals surface area contributed by atoms with Crippen LogP contribution < -0.4 is 10.1 Å². The number of carbonyl (C=O) groups excluding carboxylic acids is 1. The third kappa shape index (κ3) is 5.65. The van der Waals surface area contributed by atoms with Crippen molar-refractivity contribution < 1.29 is 9.53 Å². The van der Waals surface area contributed by atoms with Crippen LogP contribution in [0, 0.1) is 0 Å². The minimum absolute atomic E-state index is 0.0298. The molecule has 1 fully saturated rings. The maximum absolute atomic E-state index is 12.7. The maximum atomic E-state index is 12.7. The summed E-state index contributed by atoms with van der Waals surface area (Å²) in [5.74, 6) is 1.60. The normalized spacial score (nSPS) is 15.0. The van der Waals surface area contributed by atoms with Crippen LogP contribution in [0.25, 0.3) is 0 Å². The van der Waals surface area contributed by atoms with Crippen molar-refractivity contribution in [2.24, 2.45) is 0 Å². The molecule has 3 heterocycles. The van der Waals surface area contributed by atoms with Gasteiger partial charge in [-0.25, -0.2) is 4.98 Å². The molecule has 0 spiro atoms. The van der Waals surface area contributed by atoms with E-state index in [4.69, 9.17) is 4.74 Å². The molecule has 7 heteroatoms. The molecular weight excluding hydrogens is 342 g/mol. The summed E-state index contributed by atoms with van der Waals surface area (Å²) < 4.78 is 5.93. The van der Waals surface area contributed by atoms with E-state index in [0.717, 1.165) is 37.5 Å². The van der Waals surface area contributed by atoms with Gasteiger partial charge in [-0.1, -0.05) is 0 Å². The van der Waals surface area contributed by atoms with Gasteiger partial charge in [-0.2, -0.15) is 0 Å². The highest BCUT2D eigenvalue weighted by Crippen LogP contribution is 2.19. The molecule has 1 amide bonds. The second kappa shape index (κ2) is 9.32. The molecular formula is C20H27N5O2. The van der Waals surface area contributed by atoms with Crippen LogP contribution in [0.2, 0.25) is 0 Å². The Hall–Kier alpha value is -2.67. The van der Waals surface area contributed by atoms with Crippen molar-refractivity contribution in [2.75, 3.05) is 45.6 Å². The summed E-state index contributed by atoms with van der Waals surface area (Å²) in [6, 6.07) is 7.47. The highest BCUT2D eigenvalue weighted by molar-refractivity contribution is 5.94. The smallest absolute Gasteiger partial charge is 0.255 e. The molecule has 144 valence electrons. The summed E-state index contributed by atoms with van der Waals surface area (Å²) in [5, 5.41) is 3.25. The lowest BCUT2D eigenvalue weighted by Crippen LogP contribution is -2.41. The van der Waals surface area contributed by atoms with Crippen LogP contribution in [0.3, 0.4) is 0 Å². The summed E-state index contributed by atoms with van der Waals surface area (Å²) in [4.78, 5) is 25.1. The lowest BCUT2D eigenvalue weighted by atomic mass is 10.1. The second-order valence-corrected chi connectivity index (χ2v) is 6.96. The van der Waals surface area contributed by atoms with Gasteiger partial charge in [0.1, 0.15) is 17.7 Å². The van der Waals surface area contributed by atoms with Gasteiger partial charge in [0.15, 0.2) is 0 Å². The van der Waals surface area contributed by atoms with Gasteiger partial charge in [-0.15, -0.1) is 0 Å². The fourth-order valence-corrected chi connectivity index (χ4v) is 3.00. The van der Waals surface area contributed by atoms with Crippen LogP contribution in [-0.4, -0.2) is 72.1 Å². The molecule has 0 radical (unpaired) electrons. The Kier molecular flexibility index (Phi) is 6.59. The Bertz CT molecular complexity index is 713. The van der Waals surface area contributed by atoms with Gasteiger partial charge in [0.2, 0.25) is 0 Å². The first kappa shape index (κ1) is 19.1. The van der Waals surface area contributed by atoms with Gasteiger partial charge < -0.3 is 19.9 Å². The molecule has 0 saturated carbocycles. The van der Waals surface area contributed by atoms with Crippen molar-refractivity contribution in [3.63, 3.8) is 0 Å². The number of likely N-dealkylation sites (tertiary alicyclic amines) is 1. The van der Waals surface area contributed by atoms with Gasteiger partial charge in [0, 0.05) is 51.4 Å². The number of hydrogen-bond acceptors (Lipinski definition) is 6. The number of nitrogens with zero attached hydrogens (tertiary/aromatic N) is 4. The number of nitrogens with one attached hydrogen (secondary N) is 1. The van der Waals surface area contributed by atoms with Crippen molar-refractivity contribution in [1.82, 2.24) is 19.8 Å². The number of carbonyl (C=O) groups is 1. The number of rotatable bonds is 7. The van der Waals surface area contributed by atoms with E-state index in [9.17, 15) is 4.79 Å². The van der Waals surface area contributed by atoms with E-state index >= 15 is 0 Å². The number of pyridine rings is 2. The first-order valence-electron chi connectivity index (χ1n) is 9.32. The van der Waals surface area contributed by atoms with E-state index in [2.05, 4.69) is 20.2 Å². The third-order valence-corrected chi connectivity index (χ3v) is 4.54. The maximum Gasteiger partial charge on any atom is 0.255 e. The number of likely N-dealkylation sites (N-methyl/N-ethyl adjacent to an activating group) is 1. The van der Waals surface area contributed by atoms with E-state index < -0.39 is 0 Å². The van der Waals surface area contributed by atoms with Gasteiger partial charge in [0.25, 0.3) is 5.91 Å². The number of amides is 1. The summed E-state index contributed by atoms with van der Waals surface area (Å²) in [7, 11) is 4.06. The summed E-state index contributed by atoms with van der Waals surface area (Å²) in [5.41, 5.74) is 0.625. The first-order valence-corrected chi connectivity index (χ1v) is 9.32. The van der Waals surface area contributed by atoms with Gasteiger partial charge in [-0.05, 0) is 38.4 Å². The Morgan fingerprint density at radius 3 is 2.70 bits per heavy atom. The van der Waals surface area contributed by atoms with E-state index in [0.29, 0.717) is 18.7 Å². The molecule has 0 atom stereocenters. The fraction of sp³-hybridized carbons (Fsp3) is 0.450. The van der Waals surface area contributed by atoms with Gasteiger partial charge >= 0.3 is 0 Å². The highest BCUT2D eigenvalue weighted by Gasteiger charge is 2.25. The second-order valence-electron chi connectivity index (χ2n) is 6.96. The molecule has 27 heavy (non-hydrogen) atoms. The molecule has 7 nitrogen and oxygen atoms in total. The number of hydrogen-bond donors (Lipinski definition) is 1. The molecule has 0 unspecified atom stereocenters. The number of aromatic nitrogens is 2. The van der Waals surface area contributed by atoms with Crippen LogP contribution >= 0.6 is 0 Å². The van der Waals surface area contributed by atoms with Crippen LogP contribution in [0.15, 0.2) is 42.9 Å². The van der Waals surface area contributed by atoms with Crippen LogP contribution in [0.4, 0.5) is 5.82 Å². The summed E-state index contributed by atoms with van der Waals surface area (Å²) in [6.45, 7) is 3.12. The molecule has 1 saturated heterocycles. The predicted molar refractivity (Wildman–Crippen MR) is 105 cm³/mol. The Morgan fingerprint density at radius 1 is 1.26 bits per heavy atom. The van der Waals surface area contributed by atoms with Crippen molar-refractivity contribution >= 4 is 11.7 Å². The minimum atomic E-state index is 0.0298. The van der Waals surface area contributed by atoms with E-state index in [1.165, 1.54) is 0 Å². The van der Waals surface area contributed by atoms with Crippen molar-refractivity contribution in [2.45, 2.75) is 18.9 Å². The molecule has 1 aliphatic rings. The molecule has 0 aromatic carbocycles. The van der Waals surface area contributed by atoms with Crippen molar-refractivity contribution in [3.8, 4) is 5.75 Å². The van der Waals surface area contributed by atoms with Crippen molar-refractivity contribution in [3.05, 3.63) is 48.4 Å². The Morgan fingerprint density at radius 2 is 2.07 bits per heavy atom. The lowest BCUT2D eigenvalue weighted by Gasteiger charge is -2.32. The van der Waals surface area contributed by atoms with Crippen molar-refractivity contribution in [1.29, 1.82) is 0 Å². The third-order valence-electron chi connectivity index (χ3n) is 4.54. The Balaban J connectivity index is 1.47. The number of piperidine rings is 1. The SMILES string of the molecule is CN(C)CCNc1ccc(C(=O)N2CCC(Oc3cccnc3)CC2)cn1. The molecule has 1 N–H and O–H groups in total. The zero-order valence-corrected chi connectivity index (χ0v) is 16.0. The van der Waals surface area contributed by atoms with Crippen LogP contribution in [0.1, 0.15) is 23.2 Å². The fourth-order valence-electron chi connectivity index (χ4n) is 3.00. The van der Waals surface area contributed by atoms with E-state index in [1.54, 1.807) is 18.6 Å². The standard InChI is InChI=1S/C20H27N5O2/c1-24(2)13-10-22-19-6-5-16(14-23-19)20(26)25-11-7-17(8-12-25)27-18-4-3-9-21-15-18/h3-6,9,14-15,17H,7-8,10-13H2,1-2H3,(H,22,23). The average molecular weight is 369 g/mol. The monoisotopic (exact) mass is 369 g/mol. The zero-order valence-electron chi connectivity index (χ0n) is 16.0. The van der Waals surface area contributed by atoms with Crippen LogP contribution in [0.5, 0.6) is 5.75 Å². The molecule has 2 aromatic heterocycles. The number of ether oxygens (including phenoxy) is 1. The first-order chi connectivity index (χ1) is 13.1. The number of anilines is 1. The summed E-state index contributed by atoms with van der Waals surface area (Å²) in [6.07, 6.45) is 6.86. The molecule has 0 bridgehead atoms. The molecule has 3 rings (SSSR count). The van der Waals surface area contributed by atoms with E-state index in [-0.39, 0.29) is 12.0 Å². The molecule has 2 aromatic rings. The van der Waals surface area contributed by atoms with Gasteiger partial charge in [0.05, 0.1) is 11.8 Å². The molecule has 0 aliphatic carbocycles. The minimum Gasteiger partial charge on any atom is -0.489 e. The summed E-state index contributed by atoms with van der Waals surface area (Å²) >= 11 is 0. The lowest BCUT2D eigenvalue weighted by molar-refractivity contribution is 0.0594. The zero-order chi connectivity index (χ0) is 19.1. The Labute approximate surface area is 160 Å². The van der Waals surface area contributed by atoms with Gasteiger partial charge in [-0.3, -0.25) is 9.78 Å². The average Bonchev–Trinajstić information content (AvgIpc) is 2.69. The largest absolute Gasteiger partial charge is 0.489 e. The quantitative estimate of drug-likeness (QED) is 0.806.